The van der Waals surface area contributed by atoms with Gasteiger partial charge >= 0.3 is 0 Å². The van der Waals surface area contributed by atoms with Gasteiger partial charge in [0.2, 0.25) is 0 Å². The van der Waals surface area contributed by atoms with Gasteiger partial charge in [0.05, 0.1) is 10.9 Å². The molecule has 0 saturated heterocycles. The van der Waals surface area contributed by atoms with Crippen molar-refractivity contribution in [1.82, 2.24) is 10.2 Å². The van der Waals surface area contributed by atoms with E-state index in [1.54, 1.807) is 0 Å². The molecule has 3 nitrogen and oxygen atoms in total. The molecule has 0 aliphatic rings. The summed E-state index contributed by atoms with van der Waals surface area (Å²) in [6.07, 6.45) is 0.989. The van der Waals surface area contributed by atoms with Crippen LogP contribution in [0.3, 0.4) is 0 Å². The molecule has 2 aromatic rings. The summed E-state index contributed by atoms with van der Waals surface area (Å²) in [5.74, 6) is 0. The fraction of sp³-hybridized carbons (Fsp3) is 0.222. The molecule has 0 spiro atoms. The molecule has 0 amide bonds. The number of H-pyrrole nitrogens is 2. The first-order chi connectivity index (χ1) is 5.81. The Morgan fingerprint density at radius 3 is 2.92 bits per heavy atom. The maximum Gasteiger partial charge on any atom is 0.271 e. The first-order valence-corrected chi connectivity index (χ1v) is 4.00. The van der Waals surface area contributed by atoms with Crippen LogP contribution in [0, 0.1) is 0 Å². The van der Waals surface area contributed by atoms with Crippen molar-refractivity contribution in [3.05, 3.63) is 34.1 Å². The van der Waals surface area contributed by atoms with Crippen LogP contribution in [-0.2, 0) is 6.42 Å². The van der Waals surface area contributed by atoms with E-state index in [9.17, 15) is 4.79 Å². The molecule has 1 aromatic heterocycles. The Balaban J connectivity index is 2.77. The molecule has 12 heavy (non-hydrogen) atoms. The number of hydrogen-bond acceptors (Lipinski definition) is 1. The van der Waals surface area contributed by atoms with Crippen LogP contribution in [0.5, 0.6) is 0 Å². The maximum atomic E-state index is 11.1. The van der Waals surface area contributed by atoms with E-state index in [2.05, 4.69) is 17.1 Å². The molecule has 0 atom stereocenters. The minimum Gasteiger partial charge on any atom is -0.298 e. The minimum atomic E-state index is -0.0485. The normalized spacial score (nSPS) is 10.8. The van der Waals surface area contributed by atoms with Gasteiger partial charge in [-0.25, -0.2) is 0 Å². The lowest BCUT2D eigenvalue weighted by Crippen LogP contribution is -1.96. The summed E-state index contributed by atoms with van der Waals surface area (Å²) >= 11 is 0. The fourth-order valence-electron chi connectivity index (χ4n) is 1.30. The number of rotatable bonds is 1. The van der Waals surface area contributed by atoms with Gasteiger partial charge in [0.1, 0.15) is 0 Å². The summed E-state index contributed by atoms with van der Waals surface area (Å²) in [4.78, 5) is 11.1. The third kappa shape index (κ3) is 0.942. The van der Waals surface area contributed by atoms with Gasteiger partial charge in [0, 0.05) is 0 Å². The number of benzene rings is 1. The molecular weight excluding hydrogens is 152 g/mol. The van der Waals surface area contributed by atoms with Crippen molar-refractivity contribution in [3.8, 4) is 0 Å². The van der Waals surface area contributed by atoms with E-state index in [0.29, 0.717) is 0 Å². The molecule has 0 aliphatic carbocycles. The lowest BCUT2D eigenvalue weighted by atomic mass is 10.1. The SMILES string of the molecule is CCc1ccc2c(=O)[nH][nH]c2c1. The van der Waals surface area contributed by atoms with Crippen LogP contribution in [0.1, 0.15) is 12.5 Å². The third-order valence-corrected chi connectivity index (χ3v) is 2.05. The smallest absolute Gasteiger partial charge is 0.271 e. The van der Waals surface area contributed by atoms with Crippen molar-refractivity contribution in [2.24, 2.45) is 0 Å². The molecule has 0 unspecified atom stereocenters. The van der Waals surface area contributed by atoms with Crippen LogP contribution < -0.4 is 5.56 Å². The molecule has 2 N–H and O–H groups in total. The summed E-state index contributed by atoms with van der Waals surface area (Å²) in [7, 11) is 0. The van der Waals surface area contributed by atoms with Crippen LogP contribution in [0.15, 0.2) is 23.0 Å². The van der Waals surface area contributed by atoms with Crippen LogP contribution in [0.4, 0.5) is 0 Å². The summed E-state index contributed by atoms with van der Waals surface area (Å²) in [6.45, 7) is 2.09. The van der Waals surface area contributed by atoms with Crippen LogP contribution in [-0.4, -0.2) is 10.2 Å². The molecule has 0 aliphatic heterocycles. The summed E-state index contributed by atoms with van der Waals surface area (Å²) in [6, 6.07) is 5.82. The molecular formula is C9H10N2O. The number of aromatic nitrogens is 2. The fourth-order valence-corrected chi connectivity index (χ4v) is 1.30. The topological polar surface area (TPSA) is 48.6 Å². The molecule has 1 heterocycles. The second-order valence-corrected chi connectivity index (χ2v) is 2.81. The highest BCUT2D eigenvalue weighted by atomic mass is 16.1. The third-order valence-electron chi connectivity index (χ3n) is 2.05. The Hall–Kier alpha value is -1.51. The van der Waals surface area contributed by atoms with Crippen molar-refractivity contribution >= 4 is 10.9 Å². The molecule has 2 rings (SSSR count). The summed E-state index contributed by atoms with van der Waals surface area (Å²) in [5, 5.41) is 6.10. The van der Waals surface area contributed by atoms with Crippen LogP contribution in [0.25, 0.3) is 10.9 Å². The van der Waals surface area contributed by atoms with Gasteiger partial charge < -0.3 is 0 Å². The molecule has 62 valence electrons. The molecule has 0 bridgehead atoms. The molecule has 0 saturated carbocycles. The predicted octanol–water partition coefficient (Wildman–Crippen LogP) is 1.42. The summed E-state index contributed by atoms with van der Waals surface area (Å²) < 4.78 is 0. The highest BCUT2D eigenvalue weighted by molar-refractivity contribution is 5.78. The van der Waals surface area contributed by atoms with Gasteiger partial charge in [-0.1, -0.05) is 13.0 Å². The first-order valence-electron chi connectivity index (χ1n) is 4.00. The monoisotopic (exact) mass is 162 g/mol. The lowest BCUT2D eigenvalue weighted by molar-refractivity contribution is 1.08. The van der Waals surface area contributed by atoms with Gasteiger partial charge in [0.25, 0.3) is 5.56 Å². The van der Waals surface area contributed by atoms with Gasteiger partial charge in [-0.2, -0.15) is 0 Å². The average Bonchev–Trinajstić information content (AvgIpc) is 2.47. The minimum absolute atomic E-state index is 0.0485. The summed E-state index contributed by atoms with van der Waals surface area (Å²) in [5.41, 5.74) is 2.07. The van der Waals surface area contributed by atoms with E-state index in [-0.39, 0.29) is 5.56 Å². The van der Waals surface area contributed by atoms with Crippen molar-refractivity contribution < 1.29 is 0 Å². The van der Waals surface area contributed by atoms with E-state index < -0.39 is 0 Å². The van der Waals surface area contributed by atoms with Crippen LogP contribution in [0.2, 0.25) is 0 Å². The van der Waals surface area contributed by atoms with Gasteiger partial charge in [-0.3, -0.25) is 15.0 Å². The van der Waals surface area contributed by atoms with E-state index in [1.165, 1.54) is 5.56 Å². The Bertz CT molecular complexity index is 453. The van der Waals surface area contributed by atoms with Gasteiger partial charge in [-0.05, 0) is 24.1 Å². The maximum absolute atomic E-state index is 11.1. The highest BCUT2D eigenvalue weighted by Gasteiger charge is 1.99. The van der Waals surface area contributed by atoms with E-state index in [4.69, 9.17) is 0 Å². The quantitative estimate of drug-likeness (QED) is 0.654. The van der Waals surface area contributed by atoms with Crippen molar-refractivity contribution in [2.45, 2.75) is 13.3 Å². The van der Waals surface area contributed by atoms with Crippen molar-refractivity contribution in [3.63, 3.8) is 0 Å². The Kier molecular flexibility index (Phi) is 1.50. The largest absolute Gasteiger partial charge is 0.298 e. The highest BCUT2D eigenvalue weighted by Crippen LogP contribution is 2.09. The van der Waals surface area contributed by atoms with Gasteiger partial charge in [-0.15, -0.1) is 0 Å². The van der Waals surface area contributed by atoms with E-state index in [0.717, 1.165) is 17.3 Å². The second kappa shape index (κ2) is 2.52. The molecule has 3 heteroatoms. The number of hydrogen-bond donors (Lipinski definition) is 2. The standard InChI is InChI=1S/C9H10N2O/c1-2-6-3-4-7-8(5-6)10-11-9(7)12/h3-5H,2H2,1H3,(H2,10,11,12). The number of aryl methyl sites for hydroxylation is 1. The predicted molar refractivity (Wildman–Crippen MR) is 48.3 cm³/mol. The molecule has 0 radical (unpaired) electrons. The van der Waals surface area contributed by atoms with Crippen molar-refractivity contribution in [1.29, 1.82) is 0 Å². The van der Waals surface area contributed by atoms with Gasteiger partial charge in [0.15, 0.2) is 0 Å². The zero-order valence-electron chi connectivity index (χ0n) is 6.85. The first kappa shape index (κ1) is 7.16. The Morgan fingerprint density at radius 1 is 1.33 bits per heavy atom. The van der Waals surface area contributed by atoms with E-state index in [1.807, 2.05) is 18.2 Å². The molecule has 0 fully saturated rings. The average molecular weight is 162 g/mol. The number of fused-ring (bicyclic) bond motifs is 1. The van der Waals surface area contributed by atoms with Crippen LogP contribution >= 0.6 is 0 Å². The zero-order chi connectivity index (χ0) is 8.55. The number of aromatic amines is 2. The number of nitrogens with one attached hydrogen (secondary N) is 2. The second-order valence-electron chi connectivity index (χ2n) is 2.81. The zero-order valence-corrected chi connectivity index (χ0v) is 6.85. The Morgan fingerprint density at radius 2 is 2.17 bits per heavy atom. The lowest BCUT2D eigenvalue weighted by Gasteiger charge is -1.93. The molecule has 1 aromatic carbocycles. The van der Waals surface area contributed by atoms with E-state index >= 15 is 0 Å². The Labute approximate surface area is 69.4 Å². The van der Waals surface area contributed by atoms with Crippen molar-refractivity contribution in [2.75, 3.05) is 0 Å².